The van der Waals surface area contributed by atoms with Crippen molar-refractivity contribution >= 4 is 34.8 Å². The first kappa shape index (κ1) is 18.0. The third-order valence-electron chi connectivity index (χ3n) is 5.66. The molecule has 0 atom stereocenters. The van der Waals surface area contributed by atoms with Gasteiger partial charge in [-0.25, -0.2) is 0 Å². The standard InChI is InChI=1S/C26H22O2/c1-15-13-23-20(17(3)18(4)26(28)24(23)14-16(15)2)11-9-19-10-12-25(27)22-8-6-5-7-21(19)22/h5-14,28H,3H2,1-2,4H3. The number of rotatable bonds is 1. The third-order valence-corrected chi connectivity index (χ3v) is 5.66. The maximum atomic E-state index is 12.1. The maximum Gasteiger partial charge on any atom is 0.186 e. The molecule has 4 rings (SSSR count). The first-order chi connectivity index (χ1) is 13.4. The van der Waals surface area contributed by atoms with E-state index in [0.29, 0.717) is 5.75 Å². The summed E-state index contributed by atoms with van der Waals surface area (Å²) >= 11 is 0. The molecule has 0 saturated carbocycles. The Balaban J connectivity index is 2.03. The molecule has 0 amide bonds. The van der Waals surface area contributed by atoms with Crippen LogP contribution in [0.25, 0.3) is 29.0 Å². The van der Waals surface area contributed by atoms with Gasteiger partial charge in [0.15, 0.2) is 5.78 Å². The van der Waals surface area contributed by atoms with E-state index >= 15 is 0 Å². The van der Waals surface area contributed by atoms with Crippen LogP contribution in [0.3, 0.4) is 0 Å². The number of carbonyl (C=O) groups is 1. The number of aryl methyl sites for hydroxylation is 2. The van der Waals surface area contributed by atoms with Gasteiger partial charge in [0.25, 0.3) is 0 Å². The second kappa shape index (κ2) is 6.65. The lowest BCUT2D eigenvalue weighted by Crippen LogP contribution is -2.27. The zero-order chi connectivity index (χ0) is 20.0. The molecule has 0 aliphatic heterocycles. The number of phenols is 1. The normalized spacial score (nSPS) is 15.5. The summed E-state index contributed by atoms with van der Waals surface area (Å²) in [6.07, 6.45) is 7.53. The molecule has 1 aliphatic rings. The van der Waals surface area contributed by atoms with Crippen LogP contribution in [-0.2, 0) is 0 Å². The lowest BCUT2D eigenvalue weighted by Gasteiger charge is -2.12. The summed E-state index contributed by atoms with van der Waals surface area (Å²) in [4.78, 5) is 12.1. The van der Waals surface area contributed by atoms with Gasteiger partial charge in [-0.2, -0.15) is 0 Å². The molecule has 0 radical (unpaired) electrons. The molecule has 0 unspecified atom stereocenters. The Kier molecular flexibility index (Phi) is 4.27. The van der Waals surface area contributed by atoms with E-state index in [9.17, 15) is 9.90 Å². The van der Waals surface area contributed by atoms with Crippen molar-refractivity contribution in [1.82, 2.24) is 0 Å². The van der Waals surface area contributed by atoms with E-state index in [4.69, 9.17) is 0 Å². The molecule has 1 N–H and O–H groups in total. The molecule has 28 heavy (non-hydrogen) atoms. The number of carbonyl (C=O) groups excluding carboxylic acids is 1. The summed E-state index contributed by atoms with van der Waals surface area (Å²) in [6, 6.07) is 11.8. The number of fused-ring (bicyclic) bond motifs is 2. The van der Waals surface area contributed by atoms with Gasteiger partial charge in [-0.05, 0) is 76.6 Å². The molecule has 0 fully saturated rings. The Hall–Kier alpha value is -3.39. The molecular formula is C26H22O2. The zero-order valence-electron chi connectivity index (χ0n) is 16.3. The largest absolute Gasteiger partial charge is 0.507 e. The minimum Gasteiger partial charge on any atom is -0.507 e. The SMILES string of the molecule is C=c1c(C)c(O)c2cc(C)c(C)cc2c1=CC=C1C=CC(=O)c2ccccc21. The molecule has 0 spiro atoms. The van der Waals surface area contributed by atoms with E-state index in [0.717, 1.165) is 49.0 Å². The Labute approximate surface area is 164 Å². The van der Waals surface area contributed by atoms with Gasteiger partial charge in [-0.1, -0.05) is 55.1 Å². The third kappa shape index (κ3) is 2.78. The van der Waals surface area contributed by atoms with Crippen molar-refractivity contribution in [2.45, 2.75) is 20.8 Å². The van der Waals surface area contributed by atoms with Crippen molar-refractivity contribution in [1.29, 1.82) is 0 Å². The van der Waals surface area contributed by atoms with Crippen LogP contribution in [0.1, 0.15) is 32.6 Å². The summed E-state index contributed by atoms with van der Waals surface area (Å²) in [5, 5.41) is 14.3. The number of aromatic hydroxyl groups is 1. The number of allylic oxidation sites excluding steroid dienone is 4. The van der Waals surface area contributed by atoms with E-state index < -0.39 is 0 Å². The fourth-order valence-electron chi connectivity index (χ4n) is 3.75. The number of hydrogen-bond acceptors (Lipinski definition) is 2. The van der Waals surface area contributed by atoms with Crippen LogP contribution in [0.5, 0.6) is 5.75 Å². The van der Waals surface area contributed by atoms with Crippen molar-refractivity contribution in [3.8, 4) is 5.75 Å². The number of ketones is 1. The summed E-state index contributed by atoms with van der Waals surface area (Å²) in [5.74, 6) is 0.323. The molecular weight excluding hydrogens is 344 g/mol. The van der Waals surface area contributed by atoms with Crippen LogP contribution in [0, 0.1) is 20.8 Å². The highest BCUT2D eigenvalue weighted by Gasteiger charge is 2.15. The molecule has 0 bridgehead atoms. The lowest BCUT2D eigenvalue weighted by atomic mass is 9.91. The second-order valence-electron chi connectivity index (χ2n) is 7.38. The first-order valence-electron chi connectivity index (χ1n) is 9.33. The topological polar surface area (TPSA) is 37.3 Å². The van der Waals surface area contributed by atoms with E-state index in [2.05, 4.69) is 19.6 Å². The van der Waals surface area contributed by atoms with Crippen molar-refractivity contribution in [3.63, 3.8) is 0 Å². The van der Waals surface area contributed by atoms with E-state index in [1.807, 2.05) is 62.4 Å². The Morgan fingerprint density at radius 1 is 0.893 bits per heavy atom. The van der Waals surface area contributed by atoms with Crippen LogP contribution in [-0.4, -0.2) is 10.9 Å². The molecule has 3 aromatic carbocycles. The van der Waals surface area contributed by atoms with Gasteiger partial charge in [0.1, 0.15) is 5.75 Å². The van der Waals surface area contributed by atoms with Crippen LogP contribution in [0.4, 0.5) is 0 Å². The summed E-state index contributed by atoms with van der Waals surface area (Å²) in [7, 11) is 0. The highest BCUT2D eigenvalue weighted by molar-refractivity contribution is 6.12. The van der Waals surface area contributed by atoms with Crippen molar-refractivity contribution in [2.24, 2.45) is 0 Å². The van der Waals surface area contributed by atoms with E-state index in [1.54, 1.807) is 6.08 Å². The van der Waals surface area contributed by atoms with E-state index in [-0.39, 0.29) is 5.78 Å². The van der Waals surface area contributed by atoms with Gasteiger partial charge in [0.2, 0.25) is 0 Å². The number of phenolic OH excluding ortho intramolecular Hbond substituents is 1. The molecule has 0 aromatic heterocycles. The molecule has 0 saturated heterocycles. The average molecular weight is 366 g/mol. The molecule has 2 nitrogen and oxygen atoms in total. The average Bonchev–Trinajstić information content (AvgIpc) is 2.70. The molecule has 138 valence electrons. The summed E-state index contributed by atoms with van der Waals surface area (Å²) in [6.45, 7) is 10.2. The fraction of sp³-hybridized carbons (Fsp3) is 0.115. The van der Waals surface area contributed by atoms with Crippen LogP contribution >= 0.6 is 0 Å². The first-order valence-corrected chi connectivity index (χ1v) is 9.33. The number of hydrogen-bond donors (Lipinski definition) is 1. The van der Waals surface area contributed by atoms with Crippen LogP contribution in [0.2, 0.25) is 0 Å². The van der Waals surface area contributed by atoms with Gasteiger partial charge in [0, 0.05) is 10.9 Å². The molecule has 2 heteroatoms. The van der Waals surface area contributed by atoms with Crippen molar-refractivity contribution < 1.29 is 9.90 Å². The summed E-state index contributed by atoms with van der Waals surface area (Å²) < 4.78 is 0. The van der Waals surface area contributed by atoms with Gasteiger partial charge >= 0.3 is 0 Å². The quantitative estimate of drug-likeness (QED) is 0.689. The Morgan fingerprint density at radius 3 is 2.25 bits per heavy atom. The van der Waals surface area contributed by atoms with Crippen molar-refractivity contribution in [3.05, 3.63) is 92.9 Å². The minimum atomic E-state index is 0.0302. The maximum absolute atomic E-state index is 12.1. The highest BCUT2D eigenvalue weighted by Crippen LogP contribution is 2.28. The predicted octanol–water partition coefficient (Wildman–Crippen LogP) is 4.50. The molecule has 1 aliphatic carbocycles. The molecule has 3 aromatic rings. The minimum absolute atomic E-state index is 0.0302. The predicted molar refractivity (Wildman–Crippen MR) is 117 cm³/mol. The van der Waals surface area contributed by atoms with Crippen LogP contribution in [0.15, 0.2) is 54.6 Å². The number of benzene rings is 3. The Morgan fingerprint density at radius 2 is 1.54 bits per heavy atom. The second-order valence-corrected chi connectivity index (χ2v) is 7.38. The van der Waals surface area contributed by atoms with Gasteiger partial charge in [0.05, 0.1) is 0 Å². The zero-order valence-corrected chi connectivity index (χ0v) is 16.3. The monoisotopic (exact) mass is 366 g/mol. The smallest absolute Gasteiger partial charge is 0.186 e. The van der Waals surface area contributed by atoms with Crippen molar-refractivity contribution in [2.75, 3.05) is 0 Å². The van der Waals surface area contributed by atoms with Crippen LogP contribution < -0.4 is 10.4 Å². The van der Waals surface area contributed by atoms with Gasteiger partial charge in [-0.15, -0.1) is 0 Å². The highest BCUT2D eigenvalue weighted by atomic mass is 16.3. The Bertz CT molecular complexity index is 1320. The molecule has 0 heterocycles. The van der Waals surface area contributed by atoms with Gasteiger partial charge < -0.3 is 5.11 Å². The summed E-state index contributed by atoms with van der Waals surface area (Å²) in [5.41, 5.74) is 5.74. The fourth-order valence-corrected chi connectivity index (χ4v) is 3.75. The van der Waals surface area contributed by atoms with E-state index in [1.165, 1.54) is 5.56 Å². The lowest BCUT2D eigenvalue weighted by molar-refractivity contribution is 0.104. The van der Waals surface area contributed by atoms with Gasteiger partial charge in [-0.3, -0.25) is 4.79 Å².